The van der Waals surface area contributed by atoms with Crippen LogP contribution >= 0.6 is 0 Å². The molecule has 1 unspecified atom stereocenters. The maximum absolute atomic E-state index is 13.0. The molecule has 0 saturated carbocycles. The fourth-order valence-corrected chi connectivity index (χ4v) is 3.04. The number of hydrogen-bond acceptors (Lipinski definition) is 3. The van der Waals surface area contributed by atoms with Gasteiger partial charge in [-0.1, -0.05) is 30.1 Å². The molecule has 1 atom stereocenters. The van der Waals surface area contributed by atoms with Crippen LogP contribution in [0.2, 0.25) is 0 Å². The minimum absolute atomic E-state index is 0.183. The van der Waals surface area contributed by atoms with Crippen molar-refractivity contribution in [3.8, 4) is 0 Å². The molecule has 0 radical (unpaired) electrons. The van der Waals surface area contributed by atoms with Crippen molar-refractivity contribution < 1.29 is 8.91 Å². The van der Waals surface area contributed by atoms with E-state index in [2.05, 4.69) is 10.1 Å². The van der Waals surface area contributed by atoms with Crippen molar-refractivity contribution in [3.05, 3.63) is 53.2 Å². The fourth-order valence-electron chi connectivity index (χ4n) is 3.04. The number of rotatable bonds is 3. The van der Waals surface area contributed by atoms with E-state index < -0.39 is 0 Å². The molecule has 2 aromatic rings. The number of aryl methyl sites for hydroxylation is 1. The first-order chi connectivity index (χ1) is 10.2. The molecule has 3 rings (SSSR count). The Labute approximate surface area is 124 Å². The first-order valence-corrected chi connectivity index (χ1v) is 7.64. The molecule has 1 saturated heterocycles. The van der Waals surface area contributed by atoms with Gasteiger partial charge in [-0.2, -0.15) is 0 Å². The predicted octanol–water partition coefficient (Wildman–Crippen LogP) is 4.24. The van der Waals surface area contributed by atoms with Crippen LogP contribution in [0.5, 0.6) is 0 Å². The van der Waals surface area contributed by atoms with Crippen molar-refractivity contribution in [2.45, 2.75) is 45.2 Å². The highest BCUT2D eigenvalue weighted by atomic mass is 19.1. The van der Waals surface area contributed by atoms with Crippen molar-refractivity contribution >= 4 is 0 Å². The molecule has 1 aliphatic heterocycles. The number of hydrogen-bond donors (Lipinski definition) is 0. The number of likely N-dealkylation sites (tertiary alicyclic amines) is 1. The molecule has 1 aromatic heterocycles. The summed E-state index contributed by atoms with van der Waals surface area (Å²) in [4.78, 5) is 2.43. The quantitative estimate of drug-likeness (QED) is 0.846. The Bertz CT molecular complexity index is 579. The summed E-state index contributed by atoms with van der Waals surface area (Å²) >= 11 is 0. The molecule has 3 nitrogen and oxygen atoms in total. The summed E-state index contributed by atoms with van der Waals surface area (Å²) in [5.41, 5.74) is 2.07. The van der Waals surface area contributed by atoms with Crippen molar-refractivity contribution in [2.24, 2.45) is 0 Å². The van der Waals surface area contributed by atoms with Crippen LogP contribution in [0, 0.1) is 12.7 Å². The lowest BCUT2D eigenvalue weighted by molar-refractivity contribution is 0.160. The van der Waals surface area contributed by atoms with Crippen molar-refractivity contribution in [2.75, 3.05) is 6.54 Å². The van der Waals surface area contributed by atoms with Crippen LogP contribution in [0.15, 0.2) is 34.9 Å². The van der Waals surface area contributed by atoms with E-state index in [1.807, 2.05) is 25.1 Å². The molecule has 2 heterocycles. The summed E-state index contributed by atoms with van der Waals surface area (Å²) in [6.07, 6.45) is 4.76. The van der Waals surface area contributed by atoms with Gasteiger partial charge < -0.3 is 4.52 Å². The van der Waals surface area contributed by atoms with Gasteiger partial charge in [0.05, 0.1) is 11.7 Å². The standard InChI is InChI=1S/C17H21FN2O/c1-13-11-17(21-19-13)16-5-3-2-4-10-20(16)12-14-6-8-15(18)9-7-14/h6-9,11,16H,2-5,10,12H2,1H3. The third-order valence-corrected chi connectivity index (χ3v) is 4.14. The highest BCUT2D eigenvalue weighted by Gasteiger charge is 2.25. The van der Waals surface area contributed by atoms with E-state index in [0.29, 0.717) is 0 Å². The van der Waals surface area contributed by atoms with Gasteiger partial charge in [0.25, 0.3) is 0 Å². The molecule has 0 aliphatic carbocycles. The van der Waals surface area contributed by atoms with Gasteiger partial charge in [0, 0.05) is 12.6 Å². The SMILES string of the molecule is Cc1cc(C2CCCCCN2Cc2ccc(F)cc2)on1. The van der Waals surface area contributed by atoms with Crippen molar-refractivity contribution in [1.29, 1.82) is 0 Å². The molecule has 1 aliphatic rings. The van der Waals surface area contributed by atoms with E-state index >= 15 is 0 Å². The zero-order valence-corrected chi connectivity index (χ0v) is 12.4. The molecular weight excluding hydrogens is 267 g/mol. The minimum atomic E-state index is -0.183. The second-order valence-corrected chi connectivity index (χ2v) is 5.83. The van der Waals surface area contributed by atoms with Gasteiger partial charge in [0.1, 0.15) is 5.82 Å². The van der Waals surface area contributed by atoms with Crippen LogP contribution < -0.4 is 0 Å². The smallest absolute Gasteiger partial charge is 0.154 e. The first-order valence-electron chi connectivity index (χ1n) is 7.64. The van der Waals surface area contributed by atoms with E-state index in [9.17, 15) is 4.39 Å². The topological polar surface area (TPSA) is 29.3 Å². The second kappa shape index (κ2) is 6.39. The molecule has 0 bridgehead atoms. The maximum Gasteiger partial charge on any atom is 0.154 e. The lowest BCUT2D eigenvalue weighted by atomic mass is 10.1. The summed E-state index contributed by atoms with van der Waals surface area (Å²) in [6.45, 7) is 3.82. The van der Waals surface area contributed by atoms with Crippen molar-refractivity contribution in [1.82, 2.24) is 10.1 Å². The van der Waals surface area contributed by atoms with E-state index in [-0.39, 0.29) is 11.9 Å². The second-order valence-electron chi connectivity index (χ2n) is 5.83. The van der Waals surface area contributed by atoms with E-state index in [4.69, 9.17) is 4.52 Å². The van der Waals surface area contributed by atoms with E-state index in [1.54, 1.807) is 0 Å². The number of halogens is 1. The molecule has 112 valence electrons. The lowest BCUT2D eigenvalue weighted by Crippen LogP contribution is -2.27. The van der Waals surface area contributed by atoms with Crippen LogP contribution in [-0.4, -0.2) is 16.6 Å². The zero-order chi connectivity index (χ0) is 14.7. The number of aromatic nitrogens is 1. The molecule has 0 N–H and O–H groups in total. The Morgan fingerprint density at radius 2 is 2.05 bits per heavy atom. The minimum Gasteiger partial charge on any atom is -0.359 e. The molecule has 1 aromatic carbocycles. The predicted molar refractivity (Wildman–Crippen MR) is 79.3 cm³/mol. The lowest BCUT2D eigenvalue weighted by Gasteiger charge is -2.28. The van der Waals surface area contributed by atoms with E-state index in [0.717, 1.165) is 36.5 Å². The van der Waals surface area contributed by atoms with E-state index in [1.165, 1.54) is 31.4 Å². The summed E-state index contributed by atoms with van der Waals surface area (Å²) in [7, 11) is 0. The van der Waals surface area contributed by atoms with Crippen LogP contribution in [0.1, 0.15) is 48.7 Å². The Morgan fingerprint density at radius 1 is 1.24 bits per heavy atom. The van der Waals surface area contributed by atoms with Gasteiger partial charge in [-0.25, -0.2) is 4.39 Å². The largest absolute Gasteiger partial charge is 0.359 e. The molecule has 4 heteroatoms. The Balaban J connectivity index is 1.80. The zero-order valence-electron chi connectivity index (χ0n) is 12.4. The molecular formula is C17H21FN2O. The summed E-state index contributed by atoms with van der Waals surface area (Å²) in [5, 5.41) is 4.02. The average Bonchev–Trinajstić information content (AvgIpc) is 2.77. The van der Waals surface area contributed by atoms with Crippen molar-refractivity contribution in [3.63, 3.8) is 0 Å². The Morgan fingerprint density at radius 3 is 2.76 bits per heavy atom. The number of nitrogens with zero attached hydrogens (tertiary/aromatic N) is 2. The molecule has 0 amide bonds. The highest BCUT2D eigenvalue weighted by molar-refractivity contribution is 5.17. The summed E-state index contributed by atoms with van der Waals surface area (Å²) < 4.78 is 18.5. The third kappa shape index (κ3) is 3.50. The van der Waals surface area contributed by atoms with Crippen LogP contribution in [-0.2, 0) is 6.54 Å². The first kappa shape index (κ1) is 14.3. The Hall–Kier alpha value is -1.68. The average molecular weight is 288 g/mol. The van der Waals surface area contributed by atoms with Gasteiger partial charge >= 0.3 is 0 Å². The maximum atomic E-state index is 13.0. The molecule has 21 heavy (non-hydrogen) atoms. The normalized spacial score (nSPS) is 20.4. The highest BCUT2D eigenvalue weighted by Crippen LogP contribution is 2.31. The number of benzene rings is 1. The monoisotopic (exact) mass is 288 g/mol. The van der Waals surface area contributed by atoms with Gasteiger partial charge in [-0.05, 0) is 44.0 Å². The summed E-state index contributed by atoms with van der Waals surface area (Å²) in [5.74, 6) is 0.772. The van der Waals surface area contributed by atoms with Gasteiger partial charge in [-0.3, -0.25) is 4.90 Å². The summed E-state index contributed by atoms with van der Waals surface area (Å²) in [6, 6.07) is 9.10. The Kier molecular flexibility index (Phi) is 4.34. The van der Waals surface area contributed by atoms with Crippen LogP contribution in [0.3, 0.4) is 0 Å². The van der Waals surface area contributed by atoms with Gasteiger partial charge in [-0.15, -0.1) is 0 Å². The van der Waals surface area contributed by atoms with Gasteiger partial charge in [0.15, 0.2) is 5.76 Å². The molecule has 1 fully saturated rings. The third-order valence-electron chi connectivity index (χ3n) is 4.14. The van der Waals surface area contributed by atoms with Crippen LogP contribution in [0.25, 0.3) is 0 Å². The fraction of sp³-hybridized carbons (Fsp3) is 0.471. The molecule has 0 spiro atoms. The van der Waals surface area contributed by atoms with Crippen LogP contribution in [0.4, 0.5) is 4.39 Å². The van der Waals surface area contributed by atoms with Gasteiger partial charge in [0.2, 0.25) is 0 Å².